The zero-order chi connectivity index (χ0) is 94.4. The standard InChI is InChI=1S/C24H24O4.2C23H22O4.2C22H20O4/c1-14-12-17(6-11-22(14)27-3)23-19-9-10-21(26)15(2)24(19)28-13-20(23)16-4-7-18(25)8-5-16;1-14-11-16(5-10-21(14)26-2)23-19-9-8-18(25)12-22(19)27-13-20(23)15-3-6-17(24)7-4-15;1-13-11-16(5-9-20(13)25)22-18-8-10-21(26)14(2)23(18)27-12-19(22)15-3-6-17(24)7-4-15;1-13-20(25)11-10-18-21(15-4-8-17(24)9-5-15)19(12-26-22(13)18)14-2-6-16(23)7-3-14;1-13-10-15(4-9-20(13)25)22-18-8-7-17(24)11-21(18)26-12-19(22)14-2-5-16(23)6-3-14/h4-12,20,23,25-26H,13H2,1-3H3;3-12,20,23-25H,13H2,1-2H3;3-11,19,22,24-26H,12H2,1-2H3;2-11,19,21,23-25H,12H2,1H3;2-11,19,22-25H,12H2,1H3/t2*20-,23-;19-,22-;19-,21-;19-,22-/m01001/s1. The summed E-state index contributed by atoms with van der Waals surface area (Å²) in [5.41, 5.74) is 22.1. The number of fused-ring (bicyclic) bond motifs is 5. The average Bonchev–Trinajstić information content (AvgIpc) is 0.771. The molecule has 10 atom stereocenters. The van der Waals surface area contributed by atoms with Crippen LogP contribution >= 0.6 is 0 Å². The lowest BCUT2D eigenvalue weighted by atomic mass is 9.75. The number of aryl methyl sites for hydroxylation is 4. The van der Waals surface area contributed by atoms with Crippen LogP contribution in [0.3, 0.4) is 0 Å². The topological polar surface area (TPSA) is 328 Å². The molecule has 0 radical (unpaired) electrons. The number of phenolic OH excluding ortho intramolecular Hbond substituents is 13. The molecule has 0 bridgehead atoms. The molecule has 15 aromatic rings. The smallest absolute Gasteiger partial charge is 0.129 e. The van der Waals surface area contributed by atoms with E-state index in [4.69, 9.17) is 33.2 Å². The van der Waals surface area contributed by atoms with E-state index in [1.165, 1.54) is 11.1 Å². The van der Waals surface area contributed by atoms with Crippen molar-refractivity contribution < 1.29 is 99.5 Å². The molecular weight excluding hydrogens is 1690 g/mol. The normalized spacial score (nSPS) is 18.6. The number of hydrogen-bond acceptors (Lipinski definition) is 20. The van der Waals surface area contributed by atoms with E-state index >= 15 is 0 Å². The highest BCUT2D eigenvalue weighted by Gasteiger charge is 2.41. The van der Waals surface area contributed by atoms with Gasteiger partial charge in [-0.2, -0.15) is 0 Å². The molecule has 0 saturated carbocycles. The quantitative estimate of drug-likeness (QED) is 0.0540. The lowest BCUT2D eigenvalue weighted by Crippen LogP contribution is -2.26. The number of aromatic hydroxyl groups is 13. The fourth-order valence-electron chi connectivity index (χ4n) is 19.4. The zero-order valence-corrected chi connectivity index (χ0v) is 75.7. The van der Waals surface area contributed by atoms with Crippen molar-refractivity contribution in [3.05, 3.63) is 414 Å². The largest absolute Gasteiger partial charge is 0.508 e. The molecule has 0 spiro atoms. The van der Waals surface area contributed by atoms with Gasteiger partial charge in [0.05, 0.1) is 47.3 Å². The Labute approximate surface area is 778 Å². The van der Waals surface area contributed by atoms with Gasteiger partial charge in [0.15, 0.2) is 0 Å². The number of hydrogen-bond donors (Lipinski definition) is 13. The first kappa shape index (κ1) is 91.6. The predicted molar refractivity (Wildman–Crippen MR) is 515 cm³/mol. The van der Waals surface area contributed by atoms with E-state index in [0.717, 1.165) is 140 Å². The van der Waals surface area contributed by atoms with Crippen molar-refractivity contribution in [2.24, 2.45) is 0 Å². The SMILES string of the molecule is COc1ccc([C@@H]2c3ccc(O)cc3OC[C@@H]2c2ccc(O)cc2)cc1C.COc1ccc([C@H]2c3ccc(O)c(C)c3OC[C@H]2c2ccc(O)cc2)cc1C.Cc1c(O)ccc2c1OC[C@@H](c1ccc(O)cc1)[C@H]2c1ccc(O)cc1.Cc1cc([C@@H]2c3ccc(O)cc3OC[C@@H]2c2ccc(O)cc2)ccc1O.Cc1cc([C@H]2c3ccc(O)c(C)c3OC[C@H]2c2ccc(O)cc2)ccc1O. The summed E-state index contributed by atoms with van der Waals surface area (Å²) in [6.45, 7) is 15.8. The maximum atomic E-state index is 10.1. The Hall–Kier alpha value is -15.7. The highest BCUT2D eigenvalue weighted by molar-refractivity contribution is 5.62. The van der Waals surface area contributed by atoms with Gasteiger partial charge in [-0.3, -0.25) is 0 Å². The van der Waals surface area contributed by atoms with Gasteiger partial charge in [0.2, 0.25) is 0 Å². The molecule has 134 heavy (non-hydrogen) atoms. The summed E-state index contributed by atoms with van der Waals surface area (Å²) in [5, 5.41) is 128. The van der Waals surface area contributed by atoms with Gasteiger partial charge < -0.3 is 99.5 Å². The Morgan fingerprint density at radius 2 is 0.410 bits per heavy atom. The maximum Gasteiger partial charge on any atom is 0.129 e. The van der Waals surface area contributed by atoms with Crippen molar-refractivity contribution in [2.75, 3.05) is 47.3 Å². The first-order chi connectivity index (χ1) is 64.6. The third kappa shape index (κ3) is 19.4. The third-order valence-electron chi connectivity index (χ3n) is 26.5. The van der Waals surface area contributed by atoms with E-state index in [2.05, 4.69) is 24.3 Å². The number of ether oxygens (including phenoxy) is 7. The van der Waals surface area contributed by atoms with Gasteiger partial charge in [0.25, 0.3) is 0 Å². The summed E-state index contributed by atoms with van der Waals surface area (Å²) in [4.78, 5) is 0. The molecule has 13 N–H and O–H groups in total. The van der Waals surface area contributed by atoms with Gasteiger partial charge >= 0.3 is 0 Å². The minimum absolute atomic E-state index is 0.0110. The van der Waals surface area contributed by atoms with Crippen molar-refractivity contribution in [2.45, 2.75) is 108 Å². The lowest BCUT2D eigenvalue weighted by molar-refractivity contribution is 0.245. The first-order valence-electron chi connectivity index (χ1n) is 44.5. The van der Waals surface area contributed by atoms with E-state index in [0.29, 0.717) is 44.5 Å². The summed E-state index contributed by atoms with van der Waals surface area (Å²) in [6.07, 6.45) is 0. The maximum absolute atomic E-state index is 10.1. The van der Waals surface area contributed by atoms with Gasteiger partial charge in [-0.05, 0) is 254 Å². The van der Waals surface area contributed by atoms with E-state index in [9.17, 15) is 66.4 Å². The molecule has 0 saturated heterocycles. The number of rotatable bonds is 12. The Morgan fingerprint density at radius 3 is 0.672 bits per heavy atom. The molecule has 0 aromatic heterocycles. The molecule has 5 aliphatic rings. The van der Waals surface area contributed by atoms with Gasteiger partial charge in [-0.1, -0.05) is 152 Å². The van der Waals surface area contributed by atoms with Gasteiger partial charge in [-0.15, -0.1) is 0 Å². The van der Waals surface area contributed by atoms with E-state index < -0.39 is 0 Å². The van der Waals surface area contributed by atoms with Crippen LogP contribution in [0.2, 0.25) is 0 Å². The predicted octanol–water partition coefficient (Wildman–Crippen LogP) is 23.3. The monoisotopic (exact) mass is 1800 g/mol. The molecule has 20 rings (SSSR count). The lowest BCUT2D eigenvalue weighted by Gasteiger charge is -2.35. The summed E-state index contributed by atoms with van der Waals surface area (Å²) >= 11 is 0. The molecule has 15 aromatic carbocycles. The van der Waals surface area contributed by atoms with Crippen LogP contribution in [0.5, 0.6) is 115 Å². The van der Waals surface area contributed by atoms with Crippen LogP contribution in [-0.2, 0) is 0 Å². The molecule has 0 aliphatic carbocycles. The van der Waals surface area contributed by atoms with Crippen molar-refractivity contribution in [1.82, 2.24) is 0 Å². The van der Waals surface area contributed by atoms with Crippen LogP contribution in [0.25, 0.3) is 0 Å². The Morgan fingerprint density at radius 1 is 0.201 bits per heavy atom. The molecule has 20 nitrogen and oxygen atoms in total. The average molecular weight is 1800 g/mol. The van der Waals surface area contributed by atoms with Crippen LogP contribution < -0.4 is 33.2 Å². The van der Waals surface area contributed by atoms with Crippen LogP contribution in [0.4, 0.5) is 0 Å². The molecule has 0 fully saturated rings. The Kier molecular flexibility index (Phi) is 27.0. The van der Waals surface area contributed by atoms with Crippen LogP contribution in [-0.4, -0.2) is 114 Å². The van der Waals surface area contributed by atoms with Crippen LogP contribution in [0.1, 0.15) is 182 Å². The van der Waals surface area contributed by atoms with Crippen LogP contribution in [0, 0.1) is 48.5 Å². The fourth-order valence-corrected chi connectivity index (χ4v) is 19.4. The van der Waals surface area contributed by atoms with Crippen LogP contribution in [0.15, 0.2) is 291 Å². The molecule has 5 heterocycles. The summed E-state index contributed by atoms with van der Waals surface area (Å²) < 4.78 is 41.0. The molecule has 0 amide bonds. The van der Waals surface area contributed by atoms with Gasteiger partial charge in [-0.25, -0.2) is 0 Å². The zero-order valence-electron chi connectivity index (χ0n) is 75.7. The summed E-state index contributed by atoms with van der Waals surface area (Å²) in [6, 6.07) is 88.6. The van der Waals surface area contributed by atoms with E-state index in [-0.39, 0.29) is 134 Å². The second kappa shape index (κ2) is 39.5. The molecule has 0 unspecified atom stereocenters. The van der Waals surface area contributed by atoms with E-state index in [1.54, 1.807) is 142 Å². The molecular formula is C114H108O20. The molecule has 5 aliphatic heterocycles. The van der Waals surface area contributed by atoms with Crippen molar-refractivity contribution >= 4 is 0 Å². The fraction of sp³-hybridized carbons (Fsp3) is 0.211. The van der Waals surface area contributed by atoms with Crippen molar-refractivity contribution in [3.63, 3.8) is 0 Å². The second-order valence-electron chi connectivity index (χ2n) is 34.9. The summed E-state index contributed by atoms with van der Waals surface area (Å²) in [5.74, 6) is 8.83. The van der Waals surface area contributed by atoms with E-state index in [1.807, 2.05) is 188 Å². The highest BCUT2D eigenvalue weighted by atomic mass is 16.5. The highest BCUT2D eigenvalue weighted by Crippen LogP contribution is 2.56. The summed E-state index contributed by atoms with van der Waals surface area (Å²) in [7, 11) is 3.35. The first-order valence-corrected chi connectivity index (χ1v) is 44.5. The minimum atomic E-state index is 0.0110. The van der Waals surface area contributed by atoms with Crippen molar-refractivity contribution in [3.8, 4) is 115 Å². The minimum Gasteiger partial charge on any atom is -0.508 e. The number of phenols is 13. The Balaban J connectivity index is 0.000000122. The third-order valence-corrected chi connectivity index (χ3v) is 26.5. The van der Waals surface area contributed by atoms with Gasteiger partial charge in [0, 0.05) is 116 Å². The van der Waals surface area contributed by atoms with Crippen molar-refractivity contribution in [1.29, 1.82) is 0 Å². The number of benzene rings is 15. The molecule has 684 valence electrons. The second-order valence-corrected chi connectivity index (χ2v) is 34.9. The van der Waals surface area contributed by atoms with Gasteiger partial charge in [0.1, 0.15) is 115 Å². The molecule has 20 heteroatoms. The number of methoxy groups -OCH3 is 2. The Bertz CT molecular complexity index is 6670.